The first kappa shape index (κ1) is 23.2. The van der Waals surface area contributed by atoms with Gasteiger partial charge < -0.3 is 19.5 Å². The molecule has 0 saturated carbocycles. The van der Waals surface area contributed by atoms with Crippen LogP contribution in [0.25, 0.3) is 0 Å². The van der Waals surface area contributed by atoms with Crippen molar-refractivity contribution < 1.29 is 23.8 Å². The molecule has 0 heterocycles. The van der Waals surface area contributed by atoms with Gasteiger partial charge in [0.15, 0.2) is 24.7 Å². The molecule has 1 unspecified atom stereocenters. The average Bonchev–Trinajstić information content (AvgIpc) is 2.82. The van der Waals surface area contributed by atoms with Crippen LogP contribution in [0.4, 0.5) is 0 Å². The third-order valence-electron chi connectivity index (χ3n) is 4.50. The molecular formula is C25H24ClNO5. The molecule has 1 N–H and O–H groups in total. The number of carbonyl (C=O) groups excluding carboxylic acids is 2. The van der Waals surface area contributed by atoms with Gasteiger partial charge in [0.2, 0.25) is 0 Å². The zero-order chi connectivity index (χ0) is 22.8. The van der Waals surface area contributed by atoms with Crippen LogP contribution in [-0.4, -0.2) is 31.7 Å². The first-order chi connectivity index (χ1) is 15.6. The van der Waals surface area contributed by atoms with Crippen molar-refractivity contribution in [2.75, 3.05) is 19.8 Å². The summed E-state index contributed by atoms with van der Waals surface area (Å²) >= 11 is 5.99. The van der Waals surface area contributed by atoms with Crippen LogP contribution in [0, 0.1) is 0 Å². The smallest absolute Gasteiger partial charge is 0.344 e. The maximum Gasteiger partial charge on any atom is 0.344 e. The van der Waals surface area contributed by atoms with Crippen LogP contribution >= 0.6 is 11.6 Å². The van der Waals surface area contributed by atoms with Crippen molar-refractivity contribution >= 4 is 23.5 Å². The van der Waals surface area contributed by atoms with E-state index in [0.717, 1.165) is 11.1 Å². The van der Waals surface area contributed by atoms with E-state index in [1.807, 2.05) is 55.5 Å². The normalized spacial score (nSPS) is 11.3. The Morgan fingerprint density at radius 1 is 0.812 bits per heavy atom. The molecule has 3 rings (SSSR count). The fraction of sp³-hybridized carbons (Fsp3) is 0.200. The Balaban J connectivity index is 1.56. The number of nitrogens with one attached hydrogen (secondary N) is 1. The number of amides is 1. The molecule has 0 spiro atoms. The lowest BCUT2D eigenvalue weighted by Gasteiger charge is -2.20. The third kappa shape index (κ3) is 6.75. The number of benzene rings is 3. The highest BCUT2D eigenvalue weighted by atomic mass is 35.5. The molecule has 0 aliphatic carbocycles. The second-order valence-corrected chi connectivity index (χ2v) is 7.23. The van der Waals surface area contributed by atoms with Crippen LogP contribution in [0.5, 0.6) is 11.5 Å². The van der Waals surface area contributed by atoms with Crippen LogP contribution in [0.15, 0.2) is 78.9 Å². The molecule has 7 heteroatoms. The highest BCUT2D eigenvalue weighted by Gasteiger charge is 2.18. The molecule has 166 valence electrons. The monoisotopic (exact) mass is 453 g/mol. The van der Waals surface area contributed by atoms with Crippen molar-refractivity contribution in [1.29, 1.82) is 0 Å². The first-order valence-electron chi connectivity index (χ1n) is 10.2. The van der Waals surface area contributed by atoms with Gasteiger partial charge in [0.05, 0.1) is 12.6 Å². The molecule has 0 radical (unpaired) electrons. The Labute approximate surface area is 192 Å². The van der Waals surface area contributed by atoms with E-state index in [4.69, 9.17) is 25.8 Å². The number of hydrogen-bond acceptors (Lipinski definition) is 5. The minimum Gasteiger partial charge on any atom is -0.490 e. The number of ether oxygens (including phenoxy) is 3. The summed E-state index contributed by atoms with van der Waals surface area (Å²) in [5, 5.41) is 3.51. The quantitative estimate of drug-likeness (QED) is 0.455. The Hall–Kier alpha value is -3.51. The van der Waals surface area contributed by atoms with Gasteiger partial charge in [-0.25, -0.2) is 4.79 Å². The third-order valence-corrected chi connectivity index (χ3v) is 4.75. The standard InChI is InChI=1S/C25H24ClNO5/c1-2-30-21-10-6-7-11-22(21)31-17-24(29)32-16-23(28)27-25(18-8-4-3-5-9-18)19-12-14-20(26)15-13-19/h3-15,25H,2,16-17H2,1H3,(H,27,28). The Morgan fingerprint density at radius 2 is 1.41 bits per heavy atom. The van der Waals surface area contributed by atoms with Gasteiger partial charge in [0.25, 0.3) is 5.91 Å². The van der Waals surface area contributed by atoms with Crippen LogP contribution in [0.3, 0.4) is 0 Å². The molecule has 0 fully saturated rings. The van der Waals surface area contributed by atoms with Crippen LogP contribution in [0.1, 0.15) is 24.1 Å². The summed E-state index contributed by atoms with van der Waals surface area (Å²) in [6.45, 7) is 1.57. The second kappa shape index (κ2) is 11.8. The number of halogens is 1. The molecule has 0 bridgehead atoms. The van der Waals surface area contributed by atoms with E-state index in [1.165, 1.54) is 0 Å². The lowest BCUT2D eigenvalue weighted by Crippen LogP contribution is -2.33. The maximum absolute atomic E-state index is 12.5. The highest BCUT2D eigenvalue weighted by molar-refractivity contribution is 6.30. The molecular weight excluding hydrogens is 430 g/mol. The van der Waals surface area contributed by atoms with Gasteiger partial charge in [-0.15, -0.1) is 0 Å². The van der Waals surface area contributed by atoms with Gasteiger partial charge >= 0.3 is 5.97 Å². The molecule has 0 aromatic heterocycles. The molecule has 6 nitrogen and oxygen atoms in total. The topological polar surface area (TPSA) is 73.9 Å². The predicted octanol–water partition coefficient (Wildman–Crippen LogP) is 4.57. The largest absolute Gasteiger partial charge is 0.490 e. The zero-order valence-electron chi connectivity index (χ0n) is 17.6. The van der Waals surface area contributed by atoms with E-state index in [1.54, 1.807) is 30.3 Å². The summed E-state index contributed by atoms with van der Waals surface area (Å²) in [4.78, 5) is 24.6. The molecule has 1 atom stereocenters. The molecule has 3 aromatic rings. The van der Waals surface area contributed by atoms with Gasteiger partial charge in [0, 0.05) is 5.02 Å². The summed E-state index contributed by atoms with van der Waals surface area (Å²) in [6, 6.07) is 23.3. The van der Waals surface area contributed by atoms with E-state index in [-0.39, 0.29) is 6.61 Å². The summed E-state index contributed by atoms with van der Waals surface area (Å²) in [5.41, 5.74) is 1.75. The first-order valence-corrected chi connectivity index (χ1v) is 10.5. The maximum atomic E-state index is 12.5. The van der Waals surface area contributed by atoms with Crippen molar-refractivity contribution in [3.8, 4) is 11.5 Å². The van der Waals surface area contributed by atoms with Crippen molar-refractivity contribution in [2.24, 2.45) is 0 Å². The van der Waals surface area contributed by atoms with Gasteiger partial charge in [-0.2, -0.15) is 0 Å². The van der Waals surface area contributed by atoms with Gasteiger partial charge in [-0.1, -0.05) is 66.2 Å². The second-order valence-electron chi connectivity index (χ2n) is 6.79. The summed E-state index contributed by atoms with van der Waals surface area (Å²) in [6.07, 6.45) is 0. The van der Waals surface area contributed by atoms with Gasteiger partial charge in [-0.3, -0.25) is 4.79 Å². The molecule has 32 heavy (non-hydrogen) atoms. The predicted molar refractivity (Wildman–Crippen MR) is 122 cm³/mol. The molecule has 0 aliphatic rings. The van der Waals surface area contributed by atoms with Crippen molar-refractivity contribution in [1.82, 2.24) is 5.32 Å². The summed E-state index contributed by atoms with van der Waals surface area (Å²) < 4.78 is 16.0. The molecule has 0 aliphatic heterocycles. The van der Waals surface area contributed by atoms with Crippen molar-refractivity contribution in [2.45, 2.75) is 13.0 Å². The summed E-state index contributed by atoms with van der Waals surface area (Å²) in [7, 11) is 0. The summed E-state index contributed by atoms with van der Waals surface area (Å²) in [5.74, 6) is -0.122. The fourth-order valence-electron chi connectivity index (χ4n) is 3.03. The number of esters is 1. The van der Waals surface area contributed by atoms with E-state index < -0.39 is 24.5 Å². The number of carbonyl (C=O) groups is 2. The molecule has 3 aromatic carbocycles. The van der Waals surface area contributed by atoms with Crippen molar-refractivity contribution in [3.63, 3.8) is 0 Å². The minimum atomic E-state index is -0.658. The molecule has 0 saturated heterocycles. The van der Waals surface area contributed by atoms with E-state index >= 15 is 0 Å². The van der Waals surface area contributed by atoms with Crippen LogP contribution in [-0.2, 0) is 14.3 Å². The zero-order valence-corrected chi connectivity index (χ0v) is 18.4. The SMILES string of the molecule is CCOc1ccccc1OCC(=O)OCC(=O)NC(c1ccccc1)c1ccc(Cl)cc1. The Kier molecular flexibility index (Phi) is 8.52. The number of para-hydroxylation sites is 2. The number of hydrogen-bond donors (Lipinski definition) is 1. The van der Waals surface area contributed by atoms with E-state index in [2.05, 4.69) is 5.32 Å². The van der Waals surface area contributed by atoms with Crippen LogP contribution in [0.2, 0.25) is 5.02 Å². The minimum absolute atomic E-state index is 0.337. The Morgan fingerprint density at radius 3 is 2.06 bits per heavy atom. The highest BCUT2D eigenvalue weighted by Crippen LogP contribution is 2.26. The van der Waals surface area contributed by atoms with Gasteiger partial charge in [-0.05, 0) is 42.3 Å². The molecule has 1 amide bonds. The Bertz CT molecular complexity index is 1020. The fourth-order valence-corrected chi connectivity index (χ4v) is 3.16. The van der Waals surface area contributed by atoms with Gasteiger partial charge in [0.1, 0.15) is 0 Å². The van der Waals surface area contributed by atoms with E-state index in [0.29, 0.717) is 23.1 Å². The average molecular weight is 454 g/mol. The lowest BCUT2D eigenvalue weighted by molar-refractivity contribution is -0.150. The van der Waals surface area contributed by atoms with Crippen LogP contribution < -0.4 is 14.8 Å². The number of rotatable bonds is 10. The van der Waals surface area contributed by atoms with E-state index in [9.17, 15) is 9.59 Å². The lowest BCUT2D eigenvalue weighted by atomic mass is 9.99. The van der Waals surface area contributed by atoms with Crippen molar-refractivity contribution in [3.05, 3.63) is 95.0 Å².